The van der Waals surface area contributed by atoms with Crippen molar-refractivity contribution in [2.75, 3.05) is 0 Å². The lowest BCUT2D eigenvalue weighted by atomic mass is 10.3. The summed E-state index contributed by atoms with van der Waals surface area (Å²) in [6.45, 7) is 7.40. The maximum absolute atomic E-state index is 6.32. The van der Waals surface area contributed by atoms with E-state index in [-0.39, 0.29) is 0 Å². The van der Waals surface area contributed by atoms with Crippen molar-refractivity contribution in [2.24, 2.45) is 0 Å². The summed E-state index contributed by atoms with van der Waals surface area (Å²) in [5, 5.41) is 5.00. The Balaban J connectivity index is 2.21. The molecular weight excluding hydrogens is 359 g/mol. The molecule has 0 aliphatic heterocycles. The molecule has 0 nitrogen and oxygen atoms in total. The molecule has 0 saturated carbocycles. The topological polar surface area (TPSA) is 0 Å². The Kier molecular flexibility index (Phi) is 6.65. The summed E-state index contributed by atoms with van der Waals surface area (Å²) in [5.74, 6) is 0. The van der Waals surface area contributed by atoms with Crippen LogP contribution in [0.5, 0.6) is 0 Å². The van der Waals surface area contributed by atoms with Crippen molar-refractivity contribution < 1.29 is 0 Å². The lowest BCUT2D eigenvalue weighted by Gasteiger charge is -2.08. The molecule has 21 heavy (non-hydrogen) atoms. The summed E-state index contributed by atoms with van der Waals surface area (Å²) >= 11 is 17.3. The van der Waals surface area contributed by atoms with E-state index in [2.05, 4.69) is 13.2 Å². The van der Waals surface area contributed by atoms with Gasteiger partial charge in [0, 0.05) is 19.6 Å². The molecule has 0 saturated heterocycles. The normalized spacial score (nSPS) is 10.4. The SMILES string of the molecule is C=CSc1ccc(Sc2ccc(SC=C)cc2Cl)c(Cl)c1. The number of hydrogen-bond acceptors (Lipinski definition) is 3. The fourth-order valence-electron chi connectivity index (χ4n) is 1.59. The van der Waals surface area contributed by atoms with Gasteiger partial charge in [-0.1, -0.05) is 71.6 Å². The predicted molar refractivity (Wildman–Crippen MR) is 99.1 cm³/mol. The number of hydrogen-bond donors (Lipinski definition) is 0. The van der Waals surface area contributed by atoms with Crippen LogP contribution in [-0.4, -0.2) is 0 Å². The largest absolute Gasteiger partial charge is 0.0986 e. The Hall–Kier alpha value is -0.450. The minimum Gasteiger partial charge on any atom is -0.0986 e. The highest BCUT2D eigenvalue weighted by molar-refractivity contribution is 8.02. The van der Waals surface area contributed by atoms with Gasteiger partial charge >= 0.3 is 0 Å². The zero-order valence-electron chi connectivity index (χ0n) is 11.0. The third-order valence-electron chi connectivity index (χ3n) is 2.47. The standard InChI is InChI=1S/C16H12Cl2S3/c1-3-19-11-5-7-15(13(17)9-11)21-16-8-6-12(20-4-2)10-14(16)18/h3-10H,1-2H2. The van der Waals surface area contributed by atoms with Crippen LogP contribution in [0.15, 0.2) is 80.0 Å². The second-order valence-electron chi connectivity index (χ2n) is 3.86. The van der Waals surface area contributed by atoms with E-state index in [1.54, 1.807) is 46.1 Å². The zero-order valence-corrected chi connectivity index (χ0v) is 15.0. The second kappa shape index (κ2) is 8.25. The molecule has 108 valence electrons. The van der Waals surface area contributed by atoms with Crippen molar-refractivity contribution in [3.8, 4) is 0 Å². The zero-order chi connectivity index (χ0) is 15.2. The third kappa shape index (κ3) is 4.76. The van der Waals surface area contributed by atoms with E-state index in [1.165, 1.54) is 0 Å². The Bertz CT molecular complexity index is 611. The molecule has 0 amide bonds. The Morgan fingerprint density at radius 3 is 1.52 bits per heavy atom. The number of halogens is 2. The van der Waals surface area contributed by atoms with Crippen molar-refractivity contribution in [1.29, 1.82) is 0 Å². The van der Waals surface area contributed by atoms with Gasteiger partial charge in [-0.05, 0) is 47.2 Å². The van der Waals surface area contributed by atoms with Gasteiger partial charge in [0.15, 0.2) is 0 Å². The quantitative estimate of drug-likeness (QED) is 0.480. The van der Waals surface area contributed by atoms with Crippen LogP contribution in [0.1, 0.15) is 0 Å². The molecule has 0 fully saturated rings. The molecule has 2 rings (SSSR count). The van der Waals surface area contributed by atoms with Crippen LogP contribution in [0.25, 0.3) is 0 Å². The maximum atomic E-state index is 6.32. The van der Waals surface area contributed by atoms with E-state index in [0.29, 0.717) is 10.0 Å². The second-order valence-corrected chi connectivity index (χ2v) is 7.83. The van der Waals surface area contributed by atoms with E-state index in [4.69, 9.17) is 23.2 Å². The van der Waals surface area contributed by atoms with Gasteiger partial charge in [0.05, 0.1) is 10.0 Å². The lowest BCUT2D eigenvalue weighted by Crippen LogP contribution is -1.80. The molecule has 2 aromatic rings. The van der Waals surface area contributed by atoms with Gasteiger partial charge in [-0.3, -0.25) is 0 Å². The summed E-state index contributed by atoms with van der Waals surface area (Å²) in [5.41, 5.74) is 0. The molecule has 0 aliphatic carbocycles. The number of thioether (sulfide) groups is 2. The summed E-state index contributed by atoms with van der Waals surface area (Å²) in [7, 11) is 0. The van der Waals surface area contributed by atoms with Crippen molar-refractivity contribution >= 4 is 58.5 Å². The van der Waals surface area contributed by atoms with Crippen molar-refractivity contribution in [3.05, 3.63) is 70.4 Å². The third-order valence-corrected chi connectivity index (χ3v) is 5.85. The molecule has 5 heteroatoms. The van der Waals surface area contributed by atoms with E-state index in [9.17, 15) is 0 Å². The van der Waals surface area contributed by atoms with Crippen molar-refractivity contribution in [1.82, 2.24) is 0 Å². The first-order valence-electron chi connectivity index (χ1n) is 5.96. The van der Waals surface area contributed by atoms with Crippen LogP contribution in [0.4, 0.5) is 0 Å². The van der Waals surface area contributed by atoms with Gasteiger partial charge in [0.2, 0.25) is 0 Å². The molecule has 0 bridgehead atoms. The first-order chi connectivity index (χ1) is 10.1. The van der Waals surface area contributed by atoms with E-state index < -0.39 is 0 Å². The minimum absolute atomic E-state index is 0.715. The van der Waals surface area contributed by atoms with E-state index in [1.807, 2.05) is 36.4 Å². The molecule has 0 unspecified atom stereocenters. The summed E-state index contributed by atoms with van der Waals surface area (Å²) in [4.78, 5) is 4.11. The Labute approximate surface area is 148 Å². The Morgan fingerprint density at radius 2 is 1.19 bits per heavy atom. The van der Waals surface area contributed by atoms with Crippen LogP contribution < -0.4 is 0 Å². The lowest BCUT2D eigenvalue weighted by molar-refractivity contribution is 1.32. The monoisotopic (exact) mass is 370 g/mol. The summed E-state index contributed by atoms with van der Waals surface area (Å²) in [6.07, 6.45) is 0. The number of benzene rings is 2. The fourth-order valence-corrected chi connectivity index (χ4v) is 4.18. The molecule has 0 aliphatic rings. The van der Waals surface area contributed by atoms with Crippen LogP contribution in [0.2, 0.25) is 10.0 Å². The molecule has 0 spiro atoms. The first kappa shape index (κ1) is 16.9. The molecule has 0 heterocycles. The van der Waals surface area contributed by atoms with E-state index >= 15 is 0 Å². The van der Waals surface area contributed by atoms with Crippen LogP contribution in [0, 0.1) is 0 Å². The average Bonchev–Trinajstić information content (AvgIpc) is 2.45. The van der Waals surface area contributed by atoms with Gasteiger partial charge in [-0.25, -0.2) is 0 Å². The molecule has 0 N–H and O–H groups in total. The molecular formula is C16H12Cl2S3. The Morgan fingerprint density at radius 1 is 0.762 bits per heavy atom. The molecule has 0 aromatic heterocycles. The van der Waals surface area contributed by atoms with Gasteiger partial charge in [-0.2, -0.15) is 0 Å². The highest BCUT2D eigenvalue weighted by Crippen LogP contribution is 2.39. The highest BCUT2D eigenvalue weighted by atomic mass is 35.5. The first-order valence-corrected chi connectivity index (χ1v) is 9.29. The maximum Gasteiger partial charge on any atom is 0.0556 e. The summed E-state index contributed by atoms with van der Waals surface area (Å²) < 4.78 is 0. The van der Waals surface area contributed by atoms with Crippen molar-refractivity contribution in [3.63, 3.8) is 0 Å². The minimum atomic E-state index is 0.715. The van der Waals surface area contributed by atoms with Crippen molar-refractivity contribution in [2.45, 2.75) is 19.6 Å². The molecule has 2 aromatic carbocycles. The smallest absolute Gasteiger partial charge is 0.0556 e. The van der Waals surface area contributed by atoms with Crippen LogP contribution in [0.3, 0.4) is 0 Å². The molecule has 0 radical (unpaired) electrons. The van der Waals surface area contributed by atoms with Gasteiger partial charge in [-0.15, -0.1) is 0 Å². The highest BCUT2D eigenvalue weighted by Gasteiger charge is 2.08. The van der Waals surface area contributed by atoms with E-state index in [0.717, 1.165) is 19.6 Å². The average molecular weight is 371 g/mol. The van der Waals surface area contributed by atoms with Crippen LogP contribution in [-0.2, 0) is 0 Å². The number of rotatable bonds is 6. The van der Waals surface area contributed by atoms with Crippen LogP contribution >= 0.6 is 58.5 Å². The molecule has 0 atom stereocenters. The fraction of sp³-hybridized carbons (Fsp3) is 0. The summed E-state index contributed by atoms with van der Waals surface area (Å²) in [6, 6.07) is 11.9. The predicted octanol–water partition coefficient (Wildman–Crippen LogP) is 7.62. The van der Waals surface area contributed by atoms with Gasteiger partial charge < -0.3 is 0 Å². The van der Waals surface area contributed by atoms with Gasteiger partial charge in [0.25, 0.3) is 0 Å². The van der Waals surface area contributed by atoms with Gasteiger partial charge in [0.1, 0.15) is 0 Å².